The van der Waals surface area contributed by atoms with Crippen molar-refractivity contribution < 1.29 is 13.5 Å². The van der Waals surface area contributed by atoms with Crippen molar-refractivity contribution in [3.63, 3.8) is 0 Å². The number of rotatable bonds is 2. The Bertz CT molecular complexity index is 541. The van der Waals surface area contributed by atoms with E-state index in [2.05, 4.69) is 9.97 Å². The summed E-state index contributed by atoms with van der Waals surface area (Å²) in [5, 5.41) is 0. The van der Waals surface area contributed by atoms with Crippen LogP contribution in [0, 0.1) is 18.6 Å². The minimum atomic E-state index is -0.541. The second-order valence-corrected chi connectivity index (χ2v) is 3.53. The van der Waals surface area contributed by atoms with Crippen LogP contribution in [-0.4, -0.2) is 17.1 Å². The smallest absolute Gasteiger partial charge is 0.163 e. The number of aryl methyl sites for hydroxylation is 1. The summed E-state index contributed by atoms with van der Waals surface area (Å²) in [7, 11) is 1.48. The highest BCUT2D eigenvalue weighted by molar-refractivity contribution is 5.66. The Morgan fingerprint density at radius 1 is 1.06 bits per heavy atom. The van der Waals surface area contributed by atoms with Crippen molar-refractivity contribution >= 4 is 0 Å². The number of benzene rings is 1. The van der Waals surface area contributed by atoms with E-state index in [1.807, 2.05) is 0 Å². The van der Waals surface area contributed by atoms with Crippen LogP contribution in [0.5, 0.6) is 5.75 Å². The molecule has 0 unspecified atom stereocenters. The van der Waals surface area contributed by atoms with Gasteiger partial charge in [0.15, 0.2) is 11.6 Å². The summed E-state index contributed by atoms with van der Waals surface area (Å²) in [6, 6.07) is 2.62. The van der Waals surface area contributed by atoms with Crippen LogP contribution < -0.4 is 4.74 Å². The normalized spacial score (nSPS) is 10.4. The summed E-state index contributed by atoms with van der Waals surface area (Å²) >= 11 is 0. The van der Waals surface area contributed by atoms with Gasteiger partial charge in [-0.1, -0.05) is 0 Å². The summed E-state index contributed by atoms with van der Waals surface area (Å²) in [5.41, 5.74) is 1.04. The summed E-state index contributed by atoms with van der Waals surface area (Å²) < 4.78 is 31.2. The fraction of sp³-hybridized carbons (Fsp3) is 0.167. The van der Waals surface area contributed by atoms with Crippen LogP contribution >= 0.6 is 0 Å². The summed E-state index contributed by atoms with van der Waals surface area (Å²) in [4.78, 5) is 7.61. The Morgan fingerprint density at radius 3 is 2.29 bits per heavy atom. The lowest BCUT2D eigenvalue weighted by Crippen LogP contribution is -1.97. The molecule has 17 heavy (non-hydrogen) atoms. The number of hydrogen-bond donors (Lipinski definition) is 0. The highest BCUT2D eigenvalue weighted by Gasteiger charge is 2.13. The van der Waals surface area contributed by atoms with Gasteiger partial charge in [0.05, 0.1) is 25.1 Å². The standard InChI is InChI=1S/C12H10F2N2O/c1-7-3-8(13)4-10(11(7)17-2)12-15-5-9(14)6-16-12/h3-6H,1-2H3. The molecule has 1 aromatic heterocycles. The van der Waals surface area contributed by atoms with Crippen molar-refractivity contribution in [1.29, 1.82) is 0 Å². The van der Waals surface area contributed by atoms with E-state index in [0.29, 0.717) is 16.9 Å². The van der Waals surface area contributed by atoms with Crippen LogP contribution in [-0.2, 0) is 0 Å². The number of nitrogens with zero attached hydrogens (tertiary/aromatic N) is 2. The van der Waals surface area contributed by atoms with Gasteiger partial charge in [0.2, 0.25) is 0 Å². The van der Waals surface area contributed by atoms with Crippen molar-refractivity contribution in [3.8, 4) is 17.1 Å². The van der Waals surface area contributed by atoms with E-state index in [9.17, 15) is 8.78 Å². The molecule has 88 valence electrons. The first kappa shape index (κ1) is 11.4. The number of ether oxygens (including phenoxy) is 1. The Labute approximate surface area is 97.1 Å². The van der Waals surface area contributed by atoms with Gasteiger partial charge in [-0.2, -0.15) is 0 Å². The molecule has 0 radical (unpaired) electrons. The molecule has 0 N–H and O–H groups in total. The summed E-state index contributed by atoms with van der Waals surface area (Å²) in [6.45, 7) is 1.72. The fourth-order valence-electron chi connectivity index (χ4n) is 1.62. The molecule has 0 saturated carbocycles. The molecule has 1 heterocycles. The lowest BCUT2D eigenvalue weighted by molar-refractivity contribution is 0.412. The van der Waals surface area contributed by atoms with Crippen LogP contribution in [0.2, 0.25) is 0 Å². The van der Waals surface area contributed by atoms with E-state index >= 15 is 0 Å². The van der Waals surface area contributed by atoms with Crippen LogP contribution in [0.4, 0.5) is 8.78 Å². The second kappa shape index (κ2) is 4.45. The van der Waals surface area contributed by atoms with Crippen LogP contribution in [0.15, 0.2) is 24.5 Å². The van der Waals surface area contributed by atoms with Crippen molar-refractivity contribution in [2.75, 3.05) is 7.11 Å². The predicted molar refractivity (Wildman–Crippen MR) is 58.7 cm³/mol. The van der Waals surface area contributed by atoms with E-state index in [0.717, 1.165) is 12.4 Å². The molecule has 0 spiro atoms. The quantitative estimate of drug-likeness (QED) is 0.804. The van der Waals surface area contributed by atoms with Crippen LogP contribution in [0.1, 0.15) is 5.56 Å². The molecule has 0 bridgehead atoms. The Balaban J connectivity index is 2.61. The largest absolute Gasteiger partial charge is 0.496 e. The van der Waals surface area contributed by atoms with E-state index in [4.69, 9.17) is 4.74 Å². The maximum Gasteiger partial charge on any atom is 0.163 e. The Hall–Kier alpha value is -2.04. The van der Waals surface area contributed by atoms with E-state index in [-0.39, 0.29) is 5.82 Å². The maximum atomic E-state index is 13.3. The van der Waals surface area contributed by atoms with Gasteiger partial charge in [-0.3, -0.25) is 0 Å². The lowest BCUT2D eigenvalue weighted by Gasteiger charge is -2.10. The van der Waals surface area contributed by atoms with Gasteiger partial charge >= 0.3 is 0 Å². The molecule has 0 atom stereocenters. The van der Waals surface area contributed by atoms with Crippen LogP contribution in [0.25, 0.3) is 11.4 Å². The van der Waals surface area contributed by atoms with Gasteiger partial charge in [-0.25, -0.2) is 18.7 Å². The molecule has 0 saturated heterocycles. The van der Waals surface area contributed by atoms with E-state index in [1.54, 1.807) is 6.92 Å². The SMILES string of the molecule is COc1c(C)cc(F)cc1-c1ncc(F)cn1. The minimum absolute atomic E-state index is 0.228. The molecule has 2 aromatic rings. The zero-order chi connectivity index (χ0) is 12.4. The second-order valence-electron chi connectivity index (χ2n) is 3.53. The molecule has 0 aliphatic heterocycles. The van der Waals surface area contributed by atoms with Crippen molar-refractivity contribution in [2.24, 2.45) is 0 Å². The highest BCUT2D eigenvalue weighted by Crippen LogP contribution is 2.31. The third-order valence-corrected chi connectivity index (χ3v) is 2.30. The topological polar surface area (TPSA) is 35.0 Å². The Morgan fingerprint density at radius 2 is 1.71 bits per heavy atom. The van der Waals surface area contributed by atoms with Crippen molar-refractivity contribution in [1.82, 2.24) is 9.97 Å². The number of aromatic nitrogens is 2. The molecule has 0 aliphatic rings. The fourth-order valence-corrected chi connectivity index (χ4v) is 1.62. The third kappa shape index (κ3) is 2.22. The molecule has 5 heteroatoms. The molecular formula is C12H10F2N2O. The Kier molecular flexibility index (Phi) is 2.99. The number of hydrogen-bond acceptors (Lipinski definition) is 3. The predicted octanol–water partition coefficient (Wildman–Crippen LogP) is 2.74. The van der Waals surface area contributed by atoms with Crippen molar-refractivity contribution in [2.45, 2.75) is 6.92 Å². The average molecular weight is 236 g/mol. The van der Waals surface area contributed by atoms with E-state index in [1.165, 1.54) is 19.2 Å². The summed E-state index contributed by atoms with van der Waals surface area (Å²) in [6.07, 6.45) is 2.06. The number of methoxy groups -OCH3 is 1. The lowest BCUT2D eigenvalue weighted by atomic mass is 10.1. The van der Waals surface area contributed by atoms with Crippen molar-refractivity contribution in [3.05, 3.63) is 41.7 Å². The van der Waals surface area contributed by atoms with Gasteiger partial charge in [0, 0.05) is 0 Å². The zero-order valence-electron chi connectivity index (χ0n) is 9.37. The molecule has 3 nitrogen and oxygen atoms in total. The van der Waals surface area contributed by atoms with Gasteiger partial charge in [0.25, 0.3) is 0 Å². The molecule has 0 amide bonds. The molecular weight excluding hydrogens is 226 g/mol. The van der Waals surface area contributed by atoms with Gasteiger partial charge in [-0.05, 0) is 24.6 Å². The molecule has 0 aliphatic carbocycles. The first-order valence-corrected chi connectivity index (χ1v) is 4.94. The minimum Gasteiger partial charge on any atom is -0.496 e. The van der Waals surface area contributed by atoms with E-state index < -0.39 is 11.6 Å². The summed E-state index contributed by atoms with van der Waals surface area (Å²) in [5.74, 6) is -0.240. The maximum absolute atomic E-state index is 13.3. The average Bonchev–Trinajstić information content (AvgIpc) is 2.29. The first-order chi connectivity index (χ1) is 8.11. The first-order valence-electron chi connectivity index (χ1n) is 4.94. The molecule has 1 aromatic carbocycles. The van der Waals surface area contributed by atoms with Gasteiger partial charge in [0.1, 0.15) is 11.6 Å². The van der Waals surface area contributed by atoms with Gasteiger partial charge in [-0.15, -0.1) is 0 Å². The third-order valence-electron chi connectivity index (χ3n) is 2.30. The van der Waals surface area contributed by atoms with Gasteiger partial charge < -0.3 is 4.74 Å². The monoisotopic (exact) mass is 236 g/mol. The zero-order valence-corrected chi connectivity index (χ0v) is 9.37. The number of halogens is 2. The highest BCUT2D eigenvalue weighted by atomic mass is 19.1. The molecule has 0 fully saturated rings. The molecule has 2 rings (SSSR count). The van der Waals surface area contributed by atoms with Crippen LogP contribution in [0.3, 0.4) is 0 Å².